The summed E-state index contributed by atoms with van der Waals surface area (Å²) in [6.07, 6.45) is -0.428. The Morgan fingerprint density at radius 1 is 1.42 bits per heavy atom. The summed E-state index contributed by atoms with van der Waals surface area (Å²) in [7, 11) is 0. The summed E-state index contributed by atoms with van der Waals surface area (Å²) in [4.78, 5) is 17.3. The molecule has 0 aromatic carbocycles. The van der Waals surface area contributed by atoms with Crippen LogP contribution in [-0.2, 0) is 0 Å². The summed E-state index contributed by atoms with van der Waals surface area (Å²) >= 11 is 3.31. The second kappa shape index (κ2) is 5.38. The predicted molar refractivity (Wildman–Crippen MR) is 70.0 cm³/mol. The normalized spacial score (nSPS) is 18.2. The van der Waals surface area contributed by atoms with Crippen LogP contribution in [0.2, 0.25) is 0 Å². The highest BCUT2D eigenvalue weighted by molar-refractivity contribution is 9.10. The van der Waals surface area contributed by atoms with E-state index in [4.69, 9.17) is 5.84 Å². The number of nitrogens with one attached hydrogen (secondary N) is 1. The van der Waals surface area contributed by atoms with Crippen molar-refractivity contribution in [2.24, 2.45) is 5.84 Å². The van der Waals surface area contributed by atoms with Crippen LogP contribution in [0.15, 0.2) is 16.6 Å². The van der Waals surface area contributed by atoms with Crippen molar-refractivity contribution < 1.29 is 13.6 Å². The SMILES string of the molecule is NNC(=O)c1ccc(Br)c(N2CCC(F)(F)CC2)n1. The van der Waals surface area contributed by atoms with E-state index in [1.54, 1.807) is 11.0 Å². The summed E-state index contributed by atoms with van der Waals surface area (Å²) in [5.74, 6) is 2.39. The van der Waals surface area contributed by atoms with Gasteiger partial charge in [-0.2, -0.15) is 0 Å². The number of nitrogen functional groups attached to an aromatic ring is 1. The van der Waals surface area contributed by atoms with Crippen LogP contribution in [0, 0.1) is 0 Å². The fourth-order valence-corrected chi connectivity index (χ4v) is 2.37. The second-order valence-electron chi connectivity index (χ2n) is 4.32. The lowest BCUT2D eigenvalue weighted by molar-refractivity contribution is -0.0221. The minimum atomic E-state index is -2.62. The average molecular weight is 335 g/mol. The molecule has 0 bridgehead atoms. The molecule has 0 radical (unpaired) electrons. The molecule has 1 aliphatic heterocycles. The minimum Gasteiger partial charge on any atom is -0.355 e. The molecule has 104 valence electrons. The molecule has 0 unspecified atom stereocenters. The Hall–Kier alpha value is -1.28. The van der Waals surface area contributed by atoms with Gasteiger partial charge in [0.05, 0.1) is 4.47 Å². The van der Waals surface area contributed by atoms with Crippen LogP contribution in [0.3, 0.4) is 0 Å². The largest absolute Gasteiger partial charge is 0.355 e. The lowest BCUT2D eigenvalue weighted by atomic mass is 10.1. The molecule has 0 saturated carbocycles. The number of hydrogen-bond donors (Lipinski definition) is 2. The van der Waals surface area contributed by atoms with E-state index in [1.165, 1.54) is 6.07 Å². The van der Waals surface area contributed by atoms with E-state index in [2.05, 4.69) is 20.9 Å². The molecule has 1 saturated heterocycles. The number of amides is 1. The molecule has 1 aromatic rings. The van der Waals surface area contributed by atoms with Gasteiger partial charge in [-0.25, -0.2) is 19.6 Å². The average Bonchev–Trinajstić information content (AvgIpc) is 2.39. The number of alkyl halides is 2. The Balaban J connectivity index is 2.22. The van der Waals surface area contributed by atoms with Gasteiger partial charge in [0.15, 0.2) is 0 Å². The van der Waals surface area contributed by atoms with E-state index < -0.39 is 11.8 Å². The summed E-state index contributed by atoms with van der Waals surface area (Å²) in [5, 5.41) is 0. The molecule has 0 aliphatic carbocycles. The molecule has 0 atom stereocenters. The Bertz CT molecular complexity index is 488. The van der Waals surface area contributed by atoms with Gasteiger partial charge in [0.2, 0.25) is 0 Å². The fraction of sp³-hybridized carbons (Fsp3) is 0.455. The summed E-state index contributed by atoms with van der Waals surface area (Å²) in [5.41, 5.74) is 2.14. The number of aromatic nitrogens is 1. The van der Waals surface area contributed by atoms with Gasteiger partial charge in [-0.15, -0.1) is 0 Å². The smallest absolute Gasteiger partial charge is 0.283 e. The molecule has 2 rings (SSSR count). The van der Waals surface area contributed by atoms with Crippen molar-refractivity contribution in [1.29, 1.82) is 0 Å². The number of piperidine rings is 1. The Morgan fingerprint density at radius 3 is 2.63 bits per heavy atom. The number of anilines is 1. The lowest BCUT2D eigenvalue weighted by Gasteiger charge is -2.33. The number of carbonyl (C=O) groups is 1. The van der Waals surface area contributed by atoms with Gasteiger partial charge in [0.1, 0.15) is 11.5 Å². The zero-order valence-corrected chi connectivity index (χ0v) is 11.6. The molecule has 5 nitrogen and oxygen atoms in total. The Kier molecular flexibility index (Phi) is 4.00. The van der Waals surface area contributed by atoms with Crippen LogP contribution >= 0.6 is 15.9 Å². The first-order valence-corrected chi connectivity index (χ1v) is 6.52. The highest BCUT2D eigenvalue weighted by atomic mass is 79.9. The summed E-state index contributed by atoms with van der Waals surface area (Å²) in [6, 6.07) is 3.16. The van der Waals surface area contributed by atoms with Gasteiger partial charge in [-0.1, -0.05) is 0 Å². The van der Waals surface area contributed by atoms with Crippen LogP contribution in [0.25, 0.3) is 0 Å². The first-order valence-electron chi connectivity index (χ1n) is 5.73. The number of nitrogens with two attached hydrogens (primary N) is 1. The van der Waals surface area contributed by atoms with Gasteiger partial charge < -0.3 is 4.90 Å². The van der Waals surface area contributed by atoms with E-state index in [1.807, 2.05) is 5.43 Å². The maximum Gasteiger partial charge on any atom is 0.283 e. The number of nitrogens with zero attached hydrogens (tertiary/aromatic N) is 2. The summed E-state index contributed by atoms with van der Waals surface area (Å²) < 4.78 is 26.9. The number of pyridine rings is 1. The van der Waals surface area contributed by atoms with Crippen LogP contribution in [0.5, 0.6) is 0 Å². The van der Waals surface area contributed by atoms with E-state index in [0.29, 0.717) is 10.3 Å². The van der Waals surface area contributed by atoms with E-state index in [0.717, 1.165) is 0 Å². The quantitative estimate of drug-likeness (QED) is 0.490. The minimum absolute atomic E-state index is 0.151. The zero-order chi connectivity index (χ0) is 14.0. The van der Waals surface area contributed by atoms with Crippen LogP contribution < -0.4 is 16.2 Å². The van der Waals surface area contributed by atoms with Crippen molar-refractivity contribution in [1.82, 2.24) is 10.4 Å². The van der Waals surface area contributed by atoms with Crippen molar-refractivity contribution >= 4 is 27.7 Å². The van der Waals surface area contributed by atoms with Crippen molar-refractivity contribution in [2.75, 3.05) is 18.0 Å². The third-order valence-corrected chi connectivity index (χ3v) is 3.60. The number of hydrogen-bond acceptors (Lipinski definition) is 4. The monoisotopic (exact) mass is 334 g/mol. The van der Waals surface area contributed by atoms with E-state index in [-0.39, 0.29) is 31.6 Å². The molecular formula is C11H13BrF2N4O. The van der Waals surface area contributed by atoms with Crippen LogP contribution in [-0.4, -0.2) is 29.9 Å². The van der Waals surface area contributed by atoms with Crippen LogP contribution in [0.1, 0.15) is 23.3 Å². The number of carbonyl (C=O) groups excluding carboxylic acids is 1. The molecule has 1 fully saturated rings. The van der Waals surface area contributed by atoms with Crippen molar-refractivity contribution in [3.05, 3.63) is 22.3 Å². The molecule has 0 spiro atoms. The third kappa shape index (κ3) is 3.19. The fourth-order valence-electron chi connectivity index (χ4n) is 1.90. The maximum absolute atomic E-state index is 13.1. The lowest BCUT2D eigenvalue weighted by Crippen LogP contribution is -2.40. The van der Waals surface area contributed by atoms with E-state index in [9.17, 15) is 13.6 Å². The summed E-state index contributed by atoms with van der Waals surface area (Å²) in [6.45, 7) is 0.401. The second-order valence-corrected chi connectivity index (χ2v) is 5.17. The molecule has 8 heteroatoms. The predicted octanol–water partition coefficient (Wildman–Crippen LogP) is 1.68. The van der Waals surface area contributed by atoms with E-state index >= 15 is 0 Å². The molecule has 1 aliphatic rings. The van der Waals surface area contributed by atoms with Crippen LogP contribution in [0.4, 0.5) is 14.6 Å². The molecule has 3 N–H and O–H groups in total. The molecule has 1 amide bonds. The molecule has 19 heavy (non-hydrogen) atoms. The number of rotatable bonds is 2. The molecule has 2 heterocycles. The molecular weight excluding hydrogens is 322 g/mol. The number of halogens is 3. The maximum atomic E-state index is 13.1. The van der Waals surface area contributed by atoms with Gasteiger partial charge in [0, 0.05) is 25.9 Å². The standard InChI is InChI=1S/C11H13BrF2N4O/c12-7-1-2-8(10(19)17-15)16-9(7)18-5-3-11(13,14)4-6-18/h1-2H,3-6,15H2,(H,17,19). The van der Waals surface area contributed by atoms with Crippen molar-refractivity contribution in [3.63, 3.8) is 0 Å². The number of hydrazine groups is 1. The highest BCUT2D eigenvalue weighted by Gasteiger charge is 2.35. The molecule has 1 aromatic heterocycles. The third-order valence-electron chi connectivity index (χ3n) is 2.99. The van der Waals surface area contributed by atoms with Crippen molar-refractivity contribution in [3.8, 4) is 0 Å². The first-order chi connectivity index (χ1) is 8.93. The Morgan fingerprint density at radius 2 is 2.05 bits per heavy atom. The highest BCUT2D eigenvalue weighted by Crippen LogP contribution is 2.32. The van der Waals surface area contributed by atoms with Gasteiger partial charge in [-0.3, -0.25) is 10.2 Å². The van der Waals surface area contributed by atoms with Gasteiger partial charge in [0.25, 0.3) is 11.8 Å². The Labute approximate surface area is 117 Å². The van der Waals surface area contributed by atoms with Gasteiger partial charge >= 0.3 is 0 Å². The first kappa shape index (κ1) is 14.1. The van der Waals surface area contributed by atoms with Gasteiger partial charge in [-0.05, 0) is 28.1 Å². The zero-order valence-electron chi connectivity index (χ0n) is 10.00. The topological polar surface area (TPSA) is 71.2 Å². The van der Waals surface area contributed by atoms with Crippen molar-refractivity contribution in [2.45, 2.75) is 18.8 Å².